The summed E-state index contributed by atoms with van der Waals surface area (Å²) in [4.78, 5) is 16.1. The van der Waals surface area contributed by atoms with Gasteiger partial charge in [-0.2, -0.15) is 0 Å². The second kappa shape index (κ2) is 9.19. The van der Waals surface area contributed by atoms with Gasteiger partial charge in [0, 0.05) is 24.1 Å². The fourth-order valence-electron chi connectivity index (χ4n) is 3.17. The summed E-state index contributed by atoms with van der Waals surface area (Å²) < 4.78 is 11.2. The van der Waals surface area contributed by atoms with Crippen LogP contribution in [0.1, 0.15) is 43.0 Å². The minimum absolute atomic E-state index is 0.0400. The Balaban J connectivity index is 1.62. The summed E-state index contributed by atoms with van der Waals surface area (Å²) in [6.07, 6.45) is 1.78. The first-order chi connectivity index (χ1) is 12.6. The topological polar surface area (TPSA) is 38.8 Å². The van der Waals surface area contributed by atoms with Crippen molar-refractivity contribution in [2.75, 3.05) is 19.8 Å². The molecule has 0 unspecified atom stereocenters. The number of benzene rings is 1. The largest absolute Gasteiger partial charge is 0.484 e. The maximum absolute atomic E-state index is 12.9. The first-order valence-electron chi connectivity index (χ1n) is 9.26. The predicted molar refractivity (Wildman–Crippen MR) is 105 cm³/mol. The zero-order valence-electron chi connectivity index (χ0n) is 15.5. The van der Waals surface area contributed by atoms with Crippen LogP contribution in [0, 0.1) is 0 Å². The molecule has 26 heavy (non-hydrogen) atoms. The number of rotatable bonds is 7. The van der Waals surface area contributed by atoms with Crippen LogP contribution in [0.4, 0.5) is 0 Å². The highest BCUT2D eigenvalue weighted by molar-refractivity contribution is 7.09. The zero-order chi connectivity index (χ0) is 18.4. The molecule has 1 aromatic carbocycles. The third kappa shape index (κ3) is 5.08. The van der Waals surface area contributed by atoms with E-state index in [-0.39, 0.29) is 18.6 Å². The monoisotopic (exact) mass is 373 g/mol. The Morgan fingerprint density at radius 3 is 2.58 bits per heavy atom. The van der Waals surface area contributed by atoms with Gasteiger partial charge in [-0.3, -0.25) is 4.79 Å². The lowest BCUT2D eigenvalue weighted by molar-refractivity contribution is -0.138. The molecule has 0 N–H and O–H groups in total. The second-order valence-corrected chi connectivity index (χ2v) is 7.99. The van der Waals surface area contributed by atoms with E-state index in [0.717, 1.165) is 31.8 Å². The van der Waals surface area contributed by atoms with E-state index in [1.54, 1.807) is 11.3 Å². The van der Waals surface area contributed by atoms with Gasteiger partial charge in [-0.25, -0.2) is 0 Å². The van der Waals surface area contributed by atoms with Crippen LogP contribution in [0.2, 0.25) is 0 Å². The van der Waals surface area contributed by atoms with Crippen LogP contribution < -0.4 is 4.74 Å². The highest BCUT2D eigenvalue weighted by Crippen LogP contribution is 2.22. The average molecular weight is 374 g/mol. The Labute approximate surface area is 159 Å². The first-order valence-corrected chi connectivity index (χ1v) is 10.1. The molecule has 140 valence electrons. The Kier molecular flexibility index (Phi) is 6.69. The Morgan fingerprint density at radius 2 is 1.96 bits per heavy atom. The summed E-state index contributed by atoms with van der Waals surface area (Å²) in [5.74, 6) is 1.27. The smallest absolute Gasteiger partial charge is 0.261 e. The van der Waals surface area contributed by atoms with Crippen LogP contribution in [0.5, 0.6) is 5.75 Å². The van der Waals surface area contributed by atoms with Gasteiger partial charge in [0.2, 0.25) is 0 Å². The van der Waals surface area contributed by atoms with E-state index < -0.39 is 0 Å². The van der Waals surface area contributed by atoms with Crippen molar-refractivity contribution in [2.45, 2.75) is 45.2 Å². The lowest BCUT2D eigenvalue weighted by atomic mass is 10.0. The Hall–Kier alpha value is -1.85. The van der Waals surface area contributed by atoms with Crippen LogP contribution >= 0.6 is 11.3 Å². The van der Waals surface area contributed by atoms with Crippen LogP contribution in [0.25, 0.3) is 0 Å². The molecule has 2 heterocycles. The van der Waals surface area contributed by atoms with Crippen molar-refractivity contribution in [1.82, 2.24) is 4.90 Å². The van der Waals surface area contributed by atoms with Gasteiger partial charge >= 0.3 is 0 Å². The summed E-state index contributed by atoms with van der Waals surface area (Å²) >= 11 is 1.69. The SMILES string of the molecule is CC(C)c1ccc(OCC(=O)N(Cc2cccs2)C2CCOCC2)cc1. The normalized spacial score (nSPS) is 15.2. The maximum atomic E-state index is 12.9. The third-order valence-corrected chi connectivity index (χ3v) is 5.63. The van der Waals surface area contributed by atoms with Gasteiger partial charge in [0.25, 0.3) is 5.91 Å². The Bertz CT molecular complexity index is 676. The number of carbonyl (C=O) groups excluding carboxylic acids is 1. The van der Waals surface area contributed by atoms with E-state index in [4.69, 9.17) is 9.47 Å². The molecule has 1 saturated heterocycles. The molecule has 0 spiro atoms. The zero-order valence-corrected chi connectivity index (χ0v) is 16.3. The predicted octanol–water partition coefficient (Wildman–Crippen LogP) is 4.46. The molecule has 0 atom stereocenters. The molecular formula is C21H27NO3S. The summed E-state index contributed by atoms with van der Waals surface area (Å²) in [5, 5.41) is 2.05. The van der Waals surface area contributed by atoms with E-state index in [9.17, 15) is 4.79 Å². The van der Waals surface area contributed by atoms with E-state index >= 15 is 0 Å². The van der Waals surface area contributed by atoms with E-state index in [2.05, 4.69) is 37.4 Å². The summed E-state index contributed by atoms with van der Waals surface area (Å²) in [6.45, 7) is 6.48. The highest BCUT2D eigenvalue weighted by atomic mass is 32.1. The third-order valence-electron chi connectivity index (χ3n) is 4.77. The lowest BCUT2D eigenvalue weighted by Gasteiger charge is -2.34. The van der Waals surface area contributed by atoms with Gasteiger partial charge in [0.1, 0.15) is 5.75 Å². The molecule has 0 radical (unpaired) electrons. The molecule has 1 aliphatic rings. The van der Waals surface area contributed by atoms with Gasteiger partial charge in [0.05, 0.1) is 6.54 Å². The molecule has 0 aliphatic carbocycles. The van der Waals surface area contributed by atoms with Crippen molar-refractivity contribution in [1.29, 1.82) is 0 Å². The number of amides is 1. The van der Waals surface area contributed by atoms with Crippen molar-refractivity contribution in [3.63, 3.8) is 0 Å². The van der Waals surface area contributed by atoms with Gasteiger partial charge in [0.15, 0.2) is 6.61 Å². The fourth-order valence-corrected chi connectivity index (χ4v) is 3.87. The Morgan fingerprint density at radius 1 is 1.23 bits per heavy atom. The van der Waals surface area contributed by atoms with Gasteiger partial charge in [-0.1, -0.05) is 32.0 Å². The molecule has 4 nitrogen and oxygen atoms in total. The van der Waals surface area contributed by atoms with E-state index in [0.29, 0.717) is 12.5 Å². The van der Waals surface area contributed by atoms with Crippen molar-refractivity contribution < 1.29 is 14.3 Å². The molecule has 5 heteroatoms. The molecule has 1 fully saturated rings. The fraction of sp³-hybridized carbons (Fsp3) is 0.476. The average Bonchev–Trinajstić information content (AvgIpc) is 3.18. The number of hydrogen-bond acceptors (Lipinski definition) is 4. The van der Waals surface area contributed by atoms with Crippen LogP contribution in [-0.4, -0.2) is 36.7 Å². The minimum Gasteiger partial charge on any atom is -0.484 e. The number of ether oxygens (including phenoxy) is 2. The van der Waals surface area contributed by atoms with Crippen molar-refractivity contribution in [3.8, 4) is 5.75 Å². The van der Waals surface area contributed by atoms with Crippen LogP contribution in [0.15, 0.2) is 41.8 Å². The number of nitrogens with zero attached hydrogens (tertiary/aromatic N) is 1. The molecule has 1 aliphatic heterocycles. The van der Waals surface area contributed by atoms with E-state index in [1.807, 2.05) is 23.1 Å². The molecule has 0 bridgehead atoms. The maximum Gasteiger partial charge on any atom is 0.261 e. The van der Waals surface area contributed by atoms with Gasteiger partial charge in [-0.05, 0) is 47.9 Å². The number of carbonyl (C=O) groups is 1. The van der Waals surface area contributed by atoms with Gasteiger partial charge < -0.3 is 14.4 Å². The first kappa shape index (κ1) is 18.9. The quantitative estimate of drug-likeness (QED) is 0.719. The number of hydrogen-bond donors (Lipinski definition) is 0. The molecular weight excluding hydrogens is 346 g/mol. The molecule has 1 amide bonds. The summed E-state index contributed by atoms with van der Waals surface area (Å²) in [7, 11) is 0. The molecule has 0 saturated carbocycles. The number of thiophene rings is 1. The molecule has 1 aromatic heterocycles. The van der Waals surface area contributed by atoms with E-state index in [1.165, 1.54) is 10.4 Å². The molecule has 3 rings (SSSR count). The second-order valence-electron chi connectivity index (χ2n) is 6.96. The van der Waals surface area contributed by atoms with Crippen molar-refractivity contribution in [2.24, 2.45) is 0 Å². The van der Waals surface area contributed by atoms with Crippen molar-refractivity contribution >= 4 is 17.2 Å². The highest BCUT2D eigenvalue weighted by Gasteiger charge is 2.26. The van der Waals surface area contributed by atoms with Crippen LogP contribution in [-0.2, 0) is 16.1 Å². The minimum atomic E-state index is 0.0400. The van der Waals surface area contributed by atoms with Gasteiger partial charge in [-0.15, -0.1) is 11.3 Å². The molecule has 2 aromatic rings. The lowest BCUT2D eigenvalue weighted by Crippen LogP contribution is -2.44. The summed E-state index contributed by atoms with van der Waals surface area (Å²) in [5.41, 5.74) is 1.27. The van der Waals surface area contributed by atoms with Crippen LogP contribution in [0.3, 0.4) is 0 Å². The summed E-state index contributed by atoms with van der Waals surface area (Å²) in [6, 6.07) is 12.3. The van der Waals surface area contributed by atoms with Crippen molar-refractivity contribution in [3.05, 3.63) is 52.2 Å². The standard InChI is InChI=1S/C21H27NO3S/c1-16(2)17-5-7-19(8-6-17)25-15-21(23)22(14-20-4-3-13-26-20)18-9-11-24-12-10-18/h3-8,13,16,18H,9-12,14-15H2,1-2H3.